The molecule has 2 bridgehead atoms. The number of Topliss-reactive ketones (excluding diaryl/α,β-unsaturated/α-hetero) is 3. The van der Waals surface area contributed by atoms with Gasteiger partial charge in [-0.2, -0.15) is 0 Å². The first-order valence-corrected chi connectivity index (χ1v) is 24.2. The number of rotatable bonds is 6. The van der Waals surface area contributed by atoms with E-state index < -0.39 is 89.9 Å². The van der Waals surface area contributed by atoms with Crippen LogP contribution in [0.5, 0.6) is 0 Å². The number of esters is 1. The van der Waals surface area contributed by atoms with Crippen LogP contribution in [-0.4, -0.2) is 138 Å². The Hall–Kier alpha value is -4.06. The van der Waals surface area contributed by atoms with E-state index in [4.69, 9.17) is 23.7 Å². The summed E-state index contributed by atoms with van der Waals surface area (Å²) >= 11 is 0. The van der Waals surface area contributed by atoms with Gasteiger partial charge in [0.1, 0.15) is 30.1 Å². The average Bonchev–Trinajstić information content (AvgIpc) is 3.31. The van der Waals surface area contributed by atoms with Gasteiger partial charge < -0.3 is 49.2 Å². The van der Waals surface area contributed by atoms with Gasteiger partial charge in [-0.3, -0.25) is 19.2 Å². The maximum atomic E-state index is 14.4. The van der Waals surface area contributed by atoms with Crippen LogP contribution in [0, 0.1) is 29.6 Å². The number of fused-ring (bicyclic) bond motifs is 3. The first-order valence-electron chi connectivity index (χ1n) is 24.2. The Balaban J connectivity index is 1.71. The third kappa shape index (κ3) is 15.0. The number of hydrogen-bond donors (Lipinski definition) is 4. The summed E-state index contributed by atoms with van der Waals surface area (Å²) in [7, 11) is 4.15. The van der Waals surface area contributed by atoms with Gasteiger partial charge in [-0.1, -0.05) is 69.7 Å². The standard InChI is InChI=1S/C51H78N2O14/c1-30-17-13-11-10-12-14-18-31(2)44(56)46(64-8)45(57)34(5)25-32(3)41(55)29-42(33(4)26-36-21-23-40(54)43(27-36)63-7)66-49(60)39-19-15-16-24-53(39)48(59)47(58)51(62)35(6)20-22-37(67-51)28-38(30)52-50(61)65-9/h10-13,17,25,31-33,35-40,42-43,45-46,54,57,62H,14-16,18-24,26-29H2,1-9H3,(H,52,61)/b12-10+,13-11+,30-17+,34-25+/t31-,32-,33-,35-,36+,37+,38?,39+,40-,42+,43-,45-,46+,51-/m1/s1. The van der Waals surface area contributed by atoms with Gasteiger partial charge in [0.25, 0.3) is 11.7 Å². The smallest absolute Gasteiger partial charge is 0.407 e. The van der Waals surface area contributed by atoms with Crippen LogP contribution in [0.4, 0.5) is 4.79 Å². The molecule has 16 nitrogen and oxygen atoms in total. The summed E-state index contributed by atoms with van der Waals surface area (Å²) in [6, 6.07) is -1.82. The molecule has 1 aliphatic carbocycles. The number of cyclic esters (lactones) is 1. The van der Waals surface area contributed by atoms with Gasteiger partial charge in [-0.05, 0) is 108 Å². The molecule has 2 saturated heterocycles. The normalized spacial score (nSPS) is 38.3. The minimum absolute atomic E-state index is 0.0468. The predicted molar refractivity (Wildman–Crippen MR) is 249 cm³/mol. The van der Waals surface area contributed by atoms with Crippen molar-refractivity contribution in [3.05, 3.63) is 47.6 Å². The second-order valence-electron chi connectivity index (χ2n) is 19.5. The van der Waals surface area contributed by atoms with E-state index in [0.29, 0.717) is 69.8 Å². The summed E-state index contributed by atoms with van der Waals surface area (Å²) in [4.78, 5) is 84.3. The SMILES string of the molecule is COC(=O)NC1C[C@@H]2CC[C@@H](C)[C@@](O)(O2)C(=O)C(=O)N2CCCC[C@H]2C(=O)O[C@H]([C@H](C)C[C@@H]2CC[C@@H](O)[C@H](OC)C2)CC(=O)[C@H](C)/C=C(\C)[C@@H](O)[C@@H](OC)C(=O)[C@H](C)CC/C=C/C=C/C=C/1C. The first kappa shape index (κ1) is 55.5. The molecule has 1 unspecified atom stereocenters. The molecular weight excluding hydrogens is 865 g/mol. The first-order chi connectivity index (χ1) is 31.7. The van der Waals surface area contributed by atoms with Gasteiger partial charge in [0.2, 0.25) is 5.79 Å². The quantitative estimate of drug-likeness (QED) is 0.144. The Morgan fingerprint density at radius 2 is 1.64 bits per heavy atom. The van der Waals surface area contributed by atoms with Crippen molar-refractivity contribution >= 4 is 35.3 Å². The zero-order valence-electron chi connectivity index (χ0n) is 41.1. The highest BCUT2D eigenvalue weighted by atomic mass is 16.6. The van der Waals surface area contributed by atoms with Crippen molar-refractivity contribution in [3.63, 3.8) is 0 Å². The lowest BCUT2D eigenvalue weighted by Gasteiger charge is -2.43. The monoisotopic (exact) mass is 943 g/mol. The number of carbonyl (C=O) groups excluding carboxylic acids is 6. The maximum Gasteiger partial charge on any atom is 0.407 e. The molecule has 16 heteroatoms. The zero-order valence-corrected chi connectivity index (χ0v) is 41.1. The van der Waals surface area contributed by atoms with Crippen molar-refractivity contribution in [2.75, 3.05) is 27.9 Å². The van der Waals surface area contributed by atoms with E-state index in [9.17, 15) is 44.1 Å². The number of piperidine rings is 1. The van der Waals surface area contributed by atoms with Crippen LogP contribution in [0.1, 0.15) is 125 Å². The van der Waals surface area contributed by atoms with E-state index in [2.05, 4.69) is 5.32 Å². The molecule has 2 amide bonds. The van der Waals surface area contributed by atoms with Gasteiger partial charge in [0.05, 0.1) is 31.5 Å². The molecule has 0 radical (unpaired) electrons. The van der Waals surface area contributed by atoms with Crippen LogP contribution in [0.25, 0.3) is 0 Å². The van der Waals surface area contributed by atoms with Crippen molar-refractivity contribution in [2.24, 2.45) is 29.6 Å². The minimum Gasteiger partial charge on any atom is -0.460 e. The number of carbonyl (C=O) groups is 6. The van der Waals surface area contributed by atoms with Crippen LogP contribution >= 0.6 is 0 Å². The molecule has 0 aromatic heterocycles. The largest absolute Gasteiger partial charge is 0.460 e. The summed E-state index contributed by atoms with van der Waals surface area (Å²) in [5, 5.41) is 36.7. The number of allylic oxidation sites excluding steroid dienone is 6. The van der Waals surface area contributed by atoms with E-state index >= 15 is 0 Å². The van der Waals surface area contributed by atoms with Crippen LogP contribution in [0.3, 0.4) is 0 Å². The number of nitrogens with zero attached hydrogens (tertiary/aromatic N) is 1. The molecule has 3 aliphatic heterocycles. The number of ketones is 3. The Morgan fingerprint density at radius 1 is 0.910 bits per heavy atom. The Kier molecular flexibility index (Phi) is 21.6. The molecule has 376 valence electrons. The Labute approximate surface area is 396 Å². The minimum atomic E-state index is -2.52. The number of aliphatic hydroxyl groups is 3. The lowest BCUT2D eigenvalue weighted by atomic mass is 9.78. The molecule has 0 aromatic rings. The second kappa shape index (κ2) is 26.1. The summed E-state index contributed by atoms with van der Waals surface area (Å²) in [6.07, 6.45) is 10.2. The van der Waals surface area contributed by atoms with Crippen LogP contribution in [0.2, 0.25) is 0 Å². The van der Waals surface area contributed by atoms with Crippen molar-refractivity contribution < 1.29 is 67.8 Å². The van der Waals surface area contributed by atoms with E-state index in [1.165, 1.54) is 14.2 Å². The molecule has 3 fully saturated rings. The molecule has 67 heavy (non-hydrogen) atoms. The van der Waals surface area contributed by atoms with Crippen molar-refractivity contribution in [1.82, 2.24) is 10.2 Å². The topological polar surface area (TPSA) is 225 Å². The number of nitrogens with one attached hydrogen (secondary N) is 1. The van der Waals surface area contributed by atoms with Gasteiger partial charge in [-0.25, -0.2) is 9.59 Å². The Morgan fingerprint density at radius 3 is 2.33 bits per heavy atom. The lowest BCUT2D eigenvalue weighted by molar-refractivity contribution is -0.264. The number of amides is 2. The second-order valence-corrected chi connectivity index (χ2v) is 19.5. The Bertz CT molecular complexity index is 1840. The molecule has 0 aromatic carbocycles. The van der Waals surface area contributed by atoms with Crippen molar-refractivity contribution in [1.29, 1.82) is 0 Å². The van der Waals surface area contributed by atoms with Crippen LogP contribution in [-0.2, 0) is 47.7 Å². The van der Waals surface area contributed by atoms with Gasteiger partial charge in [0, 0.05) is 44.9 Å². The number of methoxy groups -OCH3 is 3. The predicted octanol–water partition coefficient (Wildman–Crippen LogP) is 5.64. The molecule has 4 rings (SSSR count). The summed E-state index contributed by atoms with van der Waals surface area (Å²) in [6.45, 7) is 10.5. The molecule has 14 atom stereocenters. The highest BCUT2D eigenvalue weighted by Gasteiger charge is 2.53. The van der Waals surface area contributed by atoms with Crippen LogP contribution < -0.4 is 5.32 Å². The number of ether oxygens (including phenoxy) is 5. The highest BCUT2D eigenvalue weighted by Crippen LogP contribution is 2.37. The summed E-state index contributed by atoms with van der Waals surface area (Å²) in [5.41, 5.74) is 1.09. The molecule has 4 N–H and O–H groups in total. The number of aliphatic hydroxyl groups excluding tert-OH is 2. The van der Waals surface area contributed by atoms with Crippen LogP contribution in [0.15, 0.2) is 47.6 Å². The van der Waals surface area contributed by atoms with Gasteiger partial charge >= 0.3 is 12.1 Å². The molecule has 3 heterocycles. The van der Waals surface area contributed by atoms with Gasteiger partial charge in [0.15, 0.2) is 5.78 Å². The number of hydrogen-bond acceptors (Lipinski definition) is 14. The lowest BCUT2D eigenvalue weighted by Crippen LogP contribution is -2.61. The molecule has 1 saturated carbocycles. The van der Waals surface area contributed by atoms with Crippen molar-refractivity contribution in [2.45, 2.75) is 180 Å². The fourth-order valence-electron chi connectivity index (χ4n) is 9.90. The van der Waals surface area contributed by atoms with E-state index in [1.807, 2.05) is 26.0 Å². The van der Waals surface area contributed by atoms with Gasteiger partial charge in [-0.15, -0.1) is 0 Å². The molecular formula is C51H78N2O14. The third-order valence-electron chi connectivity index (χ3n) is 14.5. The van der Waals surface area contributed by atoms with E-state index in [-0.39, 0.29) is 55.3 Å². The third-order valence-corrected chi connectivity index (χ3v) is 14.5. The number of alkyl carbamates (subject to hydrolysis) is 1. The molecule has 4 aliphatic rings. The maximum absolute atomic E-state index is 14.4. The highest BCUT2D eigenvalue weighted by molar-refractivity contribution is 6.39. The average molecular weight is 943 g/mol. The van der Waals surface area contributed by atoms with E-state index in [1.54, 1.807) is 59.1 Å². The molecule has 0 spiro atoms. The fraction of sp³-hybridized carbons (Fsp3) is 0.725. The van der Waals surface area contributed by atoms with E-state index in [0.717, 1.165) is 10.5 Å². The fourth-order valence-corrected chi connectivity index (χ4v) is 9.90. The van der Waals surface area contributed by atoms with Crippen molar-refractivity contribution in [3.8, 4) is 0 Å². The summed E-state index contributed by atoms with van der Waals surface area (Å²) < 4.78 is 28.4. The summed E-state index contributed by atoms with van der Waals surface area (Å²) in [5.74, 6) is -8.42. The zero-order chi connectivity index (χ0) is 49.6.